The molecular weight excluding hydrogens is 304 g/mol. The molecule has 5 nitrogen and oxygen atoms in total. The van der Waals surface area contributed by atoms with Gasteiger partial charge in [0.1, 0.15) is 5.75 Å². The molecule has 0 radical (unpaired) electrons. The van der Waals surface area contributed by atoms with Crippen molar-refractivity contribution in [3.05, 3.63) is 42.0 Å². The Morgan fingerprint density at radius 3 is 2.73 bits per heavy atom. The number of hydrogen-bond acceptors (Lipinski definition) is 4. The van der Waals surface area contributed by atoms with Gasteiger partial charge in [0.25, 0.3) is 5.91 Å². The van der Waals surface area contributed by atoms with Crippen LogP contribution in [0.4, 0.5) is 0 Å². The van der Waals surface area contributed by atoms with Gasteiger partial charge in [-0.2, -0.15) is 0 Å². The van der Waals surface area contributed by atoms with E-state index in [1.165, 1.54) is 0 Å². The molecule has 0 saturated carbocycles. The van der Waals surface area contributed by atoms with Crippen LogP contribution in [0, 0.1) is 0 Å². The Morgan fingerprint density at radius 1 is 1.32 bits per heavy atom. The molecule has 4 N–H and O–H groups in total. The smallest absolute Gasteiger partial charge is 0.255 e. The summed E-state index contributed by atoms with van der Waals surface area (Å²) in [6.45, 7) is 2.60. The van der Waals surface area contributed by atoms with E-state index in [2.05, 4.69) is 5.32 Å². The number of amides is 1. The van der Waals surface area contributed by atoms with Crippen LogP contribution in [0.3, 0.4) is 0 Å². The Morgan fingerprint density at radius 2 is 2.05 bits per heavy atom. The number of benzene rings is 2. The van der Waals surface area contributed by atoms with Crippen molar-refractivity contribution in [1.29, 1.82) is 0 Å². The fourth-order valence-electron chi connectivity index (χ4n) is 2.19. The zero-order chi connectivity index (χ0) is 15.2. The first-order chi connectivity index (χ1) is 10.1. The number of ether oxygens (including phenoxy) is 1. The van der Waals surface area contributed by atoms with Crippen LogP contribution in [0.25, 0.3) is 10.8 Å². The monoisotopic (exact) mass is 324 g/mol. The fourth-order valence-corrected chi connectivity index (χ4v) is 2.19. The number of carbonyl (C=O) groups excluding carboxylic acids is 1. The maximum Gasteiger partial charge on any atom is 0.255 e. The molecule has 0 aliphatic rings. The Balaban J connectivity index is 0.00000242. The Kier molecular flexibility index (Phi) is 7.11. The molecule has 1 unspecified atom stereocenters. The average Bonchev–Trinajstić information content (AvgIpc) is 2.45. The van der Waals surface area contributed by atoms with Crippen LogP contribution in [0.5, 0.6) is 5.75 Å². The van der Waals surface area contributed by atoms with Crippen LogP contribution in [0.15, 0.2) is 36.4 Å². The number of carbonyl (C=O) groups is 1. The summed E-state index contributed by atoms with van der Waals surface area (Å²) in [5, 5.41) is 14.7. The molecule has 0 aliphatic carbocycles. The number of nitrogens with one attached hydrogen (secondary N) is 1. The number of aliphatic hydroxyl groups excluding tert-OH is 1. The van der Waals surface area contributed by atoms with Gasteiger partial charge < -0.3 is 20.9 Å². The second kappa shape index (κ2) is 8.58. The molecule has 22 heavy (non-hydrogen) atoms. The van der Waals surface area contributed by atoms with Crippen LogP contribution in [-0.4, -0.2) is 30.3 Å². The van der Waals surface area contributed by atoms with E-state index < -0.39 is 12.0 Å². The SMILES string of the molecule is CC(O)CNCc1c(OCC(N)=O)ccc2ccccc12.Cl. The van der Waals surface area contributed by atoms with Crippen LogP contribution < -0.4 is 15.8 Å². The Bertz CT molecular complexity index is 632. The lowest BCUT2D eigenvalue weighted by Crippen LogP contribution is -2.25. The third-order valence-electron chi connectivity index (χ3n) is 3.11. The van der Waals surface area contributed by atoms with Gasteiger partial charge in [0.05, 0.1) is 6.10 Å². The van der Waals surface area contributed by atoms with Crippen molar-refractivity contribution in [2.75, 3.05) is 13.2 Å². The first-order valence-corrected chi connectivity index (χ1v) is 6.88. The Hall–Kier alpha value is -1.82. The van der Waals surface area contributed by atoms with Crippen molar-refractivity contribution in [3.63, 3.8) is 0 Å². The van der Waals surface area contributed by atoms with Gasteiger partial charge >= 0.3 is 0 Å². The molecule has 2 aromatic rings. The molecule has 6 heteroatoms. The Labute approximate surface area is 135 Å². The van der Waals surface area contributed by atoms with Crippen molar-refractivity contribution in [2.24, 2.45) is 5.73 Å². The number of nitrogens with two attached hydrogens (primary N) is 1. The van der Waals surface area contributed by atoms with E-state index in [9.17, 15) is 9.90 Å². The predicted octanol–water partition coefficient (Wildman–Crippen LogP) is 1.60. The standard InChI is InChI=1S/C16H20N2O3.ClH/c1-11(19)8-18-9-14-13-5-3-2-4-12(13)6-7-15(14)21-10-16(17)20;/h2-7,11,18-19H,8-10H2,1H3,(H2,17,20);1H. The molecule has 0 saturated heterocycles. The maximum absolute atomic E-state index is 10.9. The van der Waals surface area contributed by atoms with E-state index in [0.29, 0.717) is 18.8 Å². The summed E-state index contributed by atoms with van der Waals surface area (Å²) in [7, 11) is 0. The van der Waals surface area contributed by atoms with Crippen LogP contribution in [0.2, 0.25) is 0 Å². The minimum atomic E-state index is -0.508. The summed E-state index contributed by atoms with van der Waals surface area (Å²) in [6.07, 6.45) is -0.421. The van der Waals surface area contributed by atoms with E-state index >= 15 is 0 Å². The normalized spacial score (nSPS) is 11.7. The molecule has 0 aromatic heterocycles. The number of primary amides is 1. The molecule has 0 fully saturated rings. The number of rotatable bonds is 7. The van der Waals surface area contributed by atoms with E-state index in [1.54, 1.807) is 6.92 Å². The van der Waals surface area contributed by atoms with Gasteiger partial charge in [0, 0.05) is 18.7 Å². The lowest BCUT2D eigenvalue weighted by atomic mass is 10.0. The van der Waals surface area contributed by atoms with E-state index in [-0.39, 0.29) is 19.0 Å². The summed E-state index contributed by atoms with van der Waals surface area (Å²) >= 11 is 0. The quantitative estimate of drug-likeness (QED) is 0.722. The molecule has 0 aliphatic heterocycles. The second-order valence-corrected chi connectivity index (χ2v) is 5.00. The van der Waals surface area contributed by atoms with Gasteiger partial charge in [-0.15, -0.1) is 12.4 Å². The number of hydrogen-bond donors (Lipinski definition) is 3. The highest BCUT2D eigenvalue weighted by Crippen LogP contribution is 2.28. The topological polar surface area (TPSA) is 84.6 Å². The molecule has 1 amide bonds. The van der Waals surface area contributed by atoms with E-state index in [0.717, 1.165) is 16.3 Å². The summed E-state index contributed by atoms with van der Waals surface area (Å²) in [5.74, 6) is 0.122. The van der Waals surface area contributed by atoms with E-state index in [4.69, 9.17) is 10.5 Å². The summed E-state index contributed by atoms with van der Waals surface area (Å²) in [6, 6.07) is 11.7. The average molecular weight is 325 g/mol. The van der Waals surface area contributed by atoms with Crippen molar-refractivity contribution >= 4 is 29.1 Å². The first kappa shape index (κ1) is 18.2. The molecule has 1 atom stereocenters. The minimum absolute atomic E-state index is 0. The highest BCUT2D eigenvalue weighted by Gasteiger charge is 2.10. The van der Waals surface area contributed by atoms with Crippen molar-refractivity contribution < 1.29 is 14.6 Å². The largest absolute Gasteiger partial charge is 0.483 e. The van der Waals surface area contributed by atoms with Gasteiger partial charge in [-0.1, -0.05) is 30.3 Å². The zero-order valence-corrected chi connectivity index (χ0v) is 13.2. The van der Waals surface area contributed by atoms with Crippen LogP contribution in [-0.2, 0) is 11.3 Å². The van der Waals surface area contributed by atoms with E-state index in [1.807, 2.05) is 36.4 Å². The molecule has 0 heterocycles. The maximum atomic E-state index is 10.9. The molecule has 120 valence electrons. The highest BCUT2D eigenvalue weighted by atomic mass is 35.5. The second-order valence-electron chi connectivity index (χ2n) is 5.00. The zero-order valence-electron chi connectivity index (χ0n) is 12.4. The number of halogens is 1. The third-order valence-corrected chi connectivity index (χ3v) is 3.11. The minimum Gasteiger partial charge on any atom is -0.483 e. The molecular formula is C16H21ClN2O3. The van der Waals surface area contributed by atoms with Crippen LogP contribution >= 0.6 is 12.4 Å². The molecule has 2 aromatic carbocycles. The van der Waals surface area contributed by atoms with Gasteiger partial charge in [0.2, 0.25) is 0 Å². The summed E-state index contributed by atoms with van der Waals surface area (Å²) in [5.41, 5.74) is 6.08. The van der Waals surface area contributed by atoms with Crippen molar-refractivity contribution in [2.45, 2.75) is 19.6 Å². The molecule has 0 spiro atoms. The van der Waals surface area contributed by atoms with Gasteiger partial charge in [-0.25, -0.2) is 0 Å². The predicted molar refractivity (Wildman–Crippen MR) is 89.3 cm³/mol. The van der Waals surface area contributed by atoms with Gasteiger partial charge in [0.15, 0.2) is 6.61 Å². The van der Waals surface area contributed by atoms with Crippen molar-refractivity contribution in [3.8, 4) is 5.75 Å². The number of aliphatic hydroxyl groups is 1. The number of fused-ring (bicyclic) bond motifs is 1. The summed E-state index contributed by atoms with van der Waals surface area (Å²) in [4.78, 5) is 10.9. The van der Waals surface area contributed by atoms with Gasteiger partial charge in [-0.05, 0) is 23.8 Å². The fraction of sp³-hybridized carbons (Fsp3) is 0.312. The molecule has 0 bridgehead atoms. The van der Waals surface area contributed by atoms with Gasteiger partial charge in [-0.3, -0.25) is 4.79 Å². The lowest BCUT2D eigenvalue weighted by Gasteiger charge is -2.15. The first-order valence-electron chi connectivity index (χ1n) is 6.88. The third kappa shape index (κ3) is 4.87. The highest BCUT2D eigenvalue weighted by molar-refractivity contribution is 5.88. The van der Waals surface area contributed by atoms with Crippen molar-refractivity contribution in [1.82, 2.24) is 5.32 Å². The lowest BCUT2D eigenvalue weighted by molar-refractivity contribution is -0.119. The summed E-state index contributed by atoms with van der Waals surface area (Å²) < 4.78 is 5.49. The molecule has 2 rings (SSSR count). The van der Waals surface area contributed by atoms with Crippen LogP contribution in [0.1, 0.15) is 12.5 Å².